The molecular weight excluding hydrogens is 348 g/mol. The van der Waals surface area contributed by atoms with Crippen LogP contribution in [0, 0.1) is 12.3 Å². The number of hydrogen-bond donors (Lipinski definition) is 2. The van der Waals surface area contributed by atoms with Gasteiger partial charge in [-0.25, -0.2) is 4.98 Å². The minimum atomic E-state index is -0.339. The number of amides is 1. The molecule has 0 saturated carbocycles. The van der Waals surface area contributed by atoms with E-state index in [1.165, 1.54) is 11.3 Å². The summed E-state index contributed by atoms with van der Waals surface area (Å²) in [5, 5.41) is 3.63. The van der Waals surface area contributed by atoms with E-state index < -0.39 is 0 Å². The molecule has 26 heavy (non-hydrogen) atoms. The second kappa shape index (κ2) is 7.12. The Kier molecular flexibility index (Phi) is 5.63. The zero-order chi connectivity index (χ0) is 19.9. The van der Waals surface area contributed by atoms with E-state index in [0.717, 1.165) is 6.42 Å². The van der Waals surface area contributed by atoms with Gasteiger partial charge in [0.15, 0.2) is 0 Å². The van der Waals surface area contributed by atoms with Gasteiger partial charge < -0.3 is 15.2 Å². The van der Waals surface area contributed by atoms with Crippen molar-refractivity contribution in [3.63, 3.8) is 0 Å². The number of thiophene rings is 1. The second-order valence-corrected chi connectivity index (χ2v) is 10.1. The Morgan fingerprint density at radius 3 is 2.38 bits per heavy atom. The van der Waals surface area contributed by atoms with Crippen LogP contribution in [0.2, 0.25) is 0 Å². The average molecular weight is 379 g/mol. The lowest BCUT2D eigenvalue weighted by Gasteiger charge is -2.33. The Labute approximate surface area is 159 Å². The molecule has 2 aromatic heterocycles. The Balaban J connectivity index is 2.38. The van der Waals surface area contributed by atoms with Crippen molar-refractivity contribution in [1.82, 2.24) is 20.2 Å². The van der Waals surface area contributed by atoms with E-state index >= 15 is 0 Å². The van der Waals surface area contributed by atoms with Gasteiger partial charge >= 0.3 is 0 Å². The van der Waals surface area contributed by atoms with E-state index in [1.54, 1.807) is 0 Å². The van der Waals surface area contributed by atoms with Gasteiger partial charge in [-0.15, -0.1) is 11.3 Å². The number of H-pyrrole nitrogens is 1. The van der Waals surface area contributed by atoms with Gasteiger partial charge in [-0.2, -0.15) is 0 Å². The Bertz CT molecular complexity index is 872. The third-order valence-corrected chi connectivity index (χ3v) is 5.13. The molecular formula is C19H30N4O2S. The molecule has 2 N–H and O–H groups in total. The predicted octanol–water partition coefficient (Wildman–Crippen LogP) is 3.30. The molecule has 0 aliphatic heterocycles. The molecule has 0 aliphatic rings. The molecule has 0 aliphatic carbocycles. The number of nitrogens with zero attached hydrogens (tertiary/aromatic N) is 2. The summed E-state index contributed by atoms with van der Waals surface area (Å²) in [7, 11) is 3.83. The maximum atomic E-state index is 12.9. The van der Waals surface area contributed by atoms with Gasteiger partial charge in [-0.05, 0) is 52.3 Å². The van der Waals surface area contributed by atoms with Crippen molar-refractivity contribution >= 4 is 27.5 Å². The number of fused-ring (bicyclic) bond motifs is 1. The van der Waals surface area contributed by atoms with Gasteiger partial charge in [0.2, 0.25) is 0 Å². The van der Waals surface area contributed by atoms with Gasteiger partial charge in [-0.3, -0.25) is 9.59 Å². The van der Waals surface area contributed by atoms with Crippen molar-refractivity contribution < 1.29 is 4.79 Å². The molecule has 7 heteroatoms. The Hall–Kier alpha value is -1.73. The van der Waals surface area contributed by atoms with Crippen LogP contribution in [0.4, 0.5) is 0 Å². The summed E-state index contributed by atoms with van der Waals surface area (Å²) in [6.45, 7) is 12.9. The minimum absolute atomic E-state index is 0.103. The fourth-order valence-electron chi connectivity index (χ4n) is 3.51. The summed E-state index contributed by atoms with van der Waals surface area (Å²) < 4.78 is 0. The first kappa shape index (κ1) is 20.6. The minimum Gasteiger partial charge on any atom is -0.346 e. The number of carbonyl (C=O) groups excluding carboxylic acids is 1. The van der Waals surface area contributed by atoms with Gasteiger partial charge in [0, 0.05) is 5.54 Å². The highest BCUT2D eigenvalue weighted by Gasteiger charge is 2.29. The molecule has 2 aromatic rings. The number of aromatic nitrogens is 2. The highest BCUT2D eigenvalue weighted by Crippen LogP contribution is 2.30. The van der Waals surface area contributed by atoms with E-state index in [9.17, 15) is 9.59 Å². The van der Waals surface area contributed by atoms with Gasteiger partial charge in [0.05, 0.1) is 16.8 Å². The van der Waals surface area contributed by atoms with Crippen LogP contribution >= 0.6 is 11.3 Å². The number of nitrogens with one attached hydrogen (secondary N) is 2. The summed E-state index contributed by atoms with van der Waals surface area (Å²) in [4.78, 5) is 35.8. The summed E-state index contributed by atoms with van der Waals surface area (Å²) in [5.41, 5.74) is 0.271. The molecule has 6 nitrogen and oxygen atoms in total. The largest absolute Gasteiger partial charge is 0.346 e. The summed E-state index contributed by atoms with van der Waals surface area (Å²) in [6.07, 6.45) is 0.849. The van der Waals surface area contributed by atoms with Crippen molar-refractivity contribution in [3.05, 3.63) is 26.6 Å². The van der Waals surface area contributed by atoms with Gasteiger partial charge in [-0.1, -0.05) is 20.8 Å². The average Bonchev–Trinajstić information content (AvgIpc) is 2.71. The Morgan fingerprint density at radius 2 is 1.85 bits per heavy atom. The van der Waals surface area contributed by atoms with E-state index in [4.69, 9.17) is 0 Å². The second-order valence-electron chi connectivity index (χ2n) is 9.06. The molecule has 0 radical (unpaired) electrons. The quantitative estimate of drug-likeness (QED) is 0.837. The lowest BCUT2D eigenvalue weighted by atomic mass is 9.82. The maximum Gasteiger partial charge on any atom is 0.262 e. The predicted molar refractivity (Wildman–Crippen MR) is 108 cm³/mol. The van der Waals surface area contributed by atoms with Crippen molar-refractivity contribution in [3.8, 4) is 0 Å². The molecule has 2 heterocycles. The SMILES string of the molecule is Cc1c(C(=O)NC(C)(C)CC(C)(C)C)sc2nc(CN(C)C)[nH]c(=O)c12. The number of aryl methyl sites for hydroxylation is 1. The molecule has 0 aromatic carbocycles. The molecule has 0 bridgehead atoms. The lowest BCUT2D eigenvalue weighted by molar-refractivity contribution is 0.0895. The fourth-order valence-corrected chi connectivity index (χ4v) is 4.61. The topological polar surface area (TPSA) is 78.1 Å². The fraction of sp³-hybridized carbons (Fsp3) is 0.632. The number of carbonyl (C=O) groups is 1. The van der Waals surface area contributed by atoms with Crippen LogP contribution in [0.15, 0.2) is 4.79 Å². The van der Waals surface area contributed by atoms with E-state index in [2.05, 4.69) is 36.1 Å². The highest BCUT2D eigenvalue weighted by atomic mass is 32.1. The summed E-state index contributed by atoms with van der Waals surface area (Å²) in [5.74, 6) is 0.460. The number of rotatable bonds is 5. The molecule has 0 unspecified atom stereocenters. The molecule has 1 amide bonds. The van der Waals surface area contributed by atoms with E-state index in [0.29, 0.717) is 33.0 Å². The monoisotopic (exact) mass is 378 g/mol. The number of aromatic amines is 1. The molecule has 0 fully saturated rings. The molecule has 0 saturated heterocycles. The van der Waals surface area contributed by atoms with Crippen LogP contribution in [0.25, 0.3) is 10.2 Å². The zero-order valence-electron chi connectivity index (χ0n) is 17.0. The zero-order valence-corrected chi connectivity index (χ0v) is 17.8. The van der Waals surface area contributed by atoms with E-state index in [-0.39, 0.29) is 22.4 Å². The van der Waals surface area contributed by atoms with Crippen LogP contribution in [0.1, 0.15) is 62.1 Å². The maximum absolute atomic E-state index is 12.9. The normalized spacial score (nSPS) is 12.8. The van der Waals surface area contributed by atoms with Crippen molar-refractivity contribution in [2.45, 2.75) is 60.0 Å². The van der Waals surface area contributed by atoms with Crippen LogP contribution in [-0.4, -0.2) is 40.4 Å². The lowest BCUT2D eigenvalue weighted by Crippen LogP contribution is -2.45. The summed E-state index contributed by atoms with van der Waals surface area (Å²) >= 11 is 1.28. The van der Waals surface area contributed by atoms with Crippen molar-refractivity contribution in [1.29, 1.82) is 0 Å². The third-order valence-electron chi connectivity index (χ3n) is 3.95. The van der Waals surface area contributed by atoms with Gasteiger partial charge in [0.25, 0.3) is 11.5 Å². The molecule has 0 spiro atoms. The molecule has 144 valence electrons. The summed E-state index contributed by atoms with van der Waals surface area (Å²) in [6, 6.07) is 0. The smallest absolute Gasteiger partial charge is 0.262 e. The van der Waals surface area contributed by atoms with Crippen LogP contribution in [0.3, 0.4) is 0 Å². The van der Waals surface area contributed by atoms with Crippen molar-refractivity contribution in [2.75, 3.05) is 14.1 Å². The van der Waals surface area contributed by atoms with Crippen LogP contribution in [-0.2, 0) is 6.54 Å². The first-order chi connectivity index (χ1) is 11.8. The number of hydrogen-bond acceptors (Lipinski definition) is 5. The van der Waals surface area contributed by atoms with E-state index in [1.807, 2.05) is 39.8 Å². The van der Waals surface area contributed by atoms with Crippen LogP contribution in [0.5, 0.6) is 0 Å². The third kappa shape index (κ3) is 4.92. The van der Waals surface area contributed by atoms with Gasteiger partial charge in [0.1, 0.15) is 10.7 Å². The highest BCUT2D eigenvalue weighted by molar-refractivity contribution is 7.20. The first-order valence-corrected chi connectivity index (χ1v) is 9.60. The Morgan fingerprint density at radius 1 is 1.23 bits per heavy atom. The first-order valence-electron chi connectivity index (χ1n) is 8.79. The standard InChI is InChI=1S/C19H30N4O2S/c1-11-13-15(24)20-12(9-23(7)8)21-17(13)26-14(11)16(25)22-19(5,6)10-18(2,3)4/h9-10H2,1-8H3,(H,22,25)(H,20,21,24). The molecule has 2 rings (SSSR count). The molecule has 0 atom stereocenters. The van der Waals surface area contributed by atoms with Crippen molar-refractivity contribution in [2.24, 2.45) is 5.41 Å². The van der Waals surface area contributed by atoms with Crippen LogP contribution < -0.4 is 10.9 Å².